The Labute approximate surface area is 85.8 Å². The van der Waals surface area contributed by atoms with Crippen LogP contribution in [0.5, 0.6) is 0 Å². The molecule has 0 amide bonds. The largest absolute Gasteiger partial charge is 0.245 e. The highest BCUT2D eigenvalue weighted by molar-refractivity contribution is 5.17. The van der Waals surface area contributed by atoms with Gasteiger partial charge in [0.2, 0.25) is 0 Å². The molecule has 0 spiro atoms. The third-order valence-corrected chi connectivity index (χ3v) is 3.22. The van der Waals surface area contributed by atoms with Gasteiger partial charge in [-0.2, -0.15) is 0 Å². The van der Waals surface area contributed by atoms with Crippen molar-refractivity contribution in [2.75, 3.05) is 0 Å². The second-order valence-corrected chi connectivity index (χ2v) is 5.01. The van der Waals surface area contributed by atoms with Crippen LogP contribution >= 0.6 is 0 Å². The van der Waals surface area contributed by atoms with Crippen LogP contribution in [0.4, 0.5) is 0 Å². The summed E-state index contributed by atoms with van der Waals surface area (Å²) in [6.45, 7) is 4.73. The molecule has 0 N–H and O–H groups in total. The number of fused-ring (bicyclic) bond motifs is 1. The monoisotopic (exact) mass is 190 g/mol. The zero-order valence-corrected chi connectivity index (χ0v) is 9.08. The molecule has 0 bridgehead atoms. The zero-order chi connectivity index (χ0) is 10.0. The smallest absolute Gasteiger partial charge is 0.115 e. The minimum absolute atomic E-state index is 0.494. The predicted octanol–water partition coefficient (Wildman–Crippen LogP) is 2.77. The van der Waals surface area contributed by atoms with Gasteiger partial charge in [-0.25, -0.2) is 9.97 Å². The fourth-order valence-electron chi connectivity index (χ4n) is 2.15. The first-order valence-electron chi connectivity index (χ1n) is 5.45. The first-order valence-corrected chi connectivity index (χ1v) is 5.45. The van der Waals surface area contributed by atoms with Crippen molar-refractivity contribution in [3.63, 3.8) is 0 Å². The quantitative estimate of drug-likeness (QED) is 0.628. The van der Waals surface area contributed by atoms with Crippen LogP contribution in [-0.4, -0.2) is 9.97 Å². The van der Waals surface area contributed by atoms with Crippen molar-refractivity contribution < 1.29 is 0 Å². The highest BCUT2D eigenvalue weighted by atomic mass is 14.8. The summed E-state index contributed by atoms with van der Waals surface area (Å²) in [7, 11) is 0. The van der Waals surface area contributed by atoms with Gasteiger partial charge in [0.05, 0.1) is 0 Å². The molecular formula is C12H18N2. The summed E-state index contributed by atoms with van der Waals surface area (Å²) in [6, 6.07) is 0. The topological polar surface area (TPSA) is 25.8 Å². The Bertz CT molecular complexity index is 318. The molecule has 1 aliphatic rings. The highest BCUT2D eigenvalue weighted by Gasteiger charge is 2.21. The van der Waals surface area contributed by atoms with Crippen molar-refractivity contribution in [3.05, 3.63) is 23.8 Å². The van der Waals surface area contributed by atoms with E-state index in [1.165, 1.54) is 30.5 Å². The molecule has 1 aromatic heterocycles. The van der Waals surface area contributed by atoms with Crippen LogP contribution < -0.4 is 0 Å². The van der Waals surface area contributed by atoms with Crippen LogP contribution in [0.1, 0.15) is 44.4 Å². The highest BCUT2D eigenvalue weighted by Crippen LogP contribution is 2.31. The maximum absolute atomic E-state index is 4.36. The molecule has 0 aliphatic heterocycles. The van der Waals surface area contributed by atoms with E-state index in [0.717, 1.165) is 12.8 Å². The van der Waals surface area contributed by atoms with Crippen molar-refractivity contribution in [1.29, 1.82) is 0 Å². The number of hydrogen-bond donors (Lipinski definition) is 0. The molecule has 1 aromatic rings. The summed E-state index contributed by atoms with van der Waals surface area (Å²) in [5.74, 6) is 0. The fourth-order valence-corrected chi connectivity index (χ4v) is 2.15. The number of aryl methyl sites for hydroxylation is 2. The van der Waals surface area contributed by atoms with Crippen LogP contribution in [-0.2, 0) is 12.8 Å². The standard InChI is InChI=1S/C12H18N2/c1-12(2)6-3-4-11-10(5-7-12)8-13-9-14-11/h8-9H,3-7H2,1-2H3. The molecule has 0 atom stereocenters. The predicted molar refractivity (Wildman–Crippen MR) is 57.1 cm³/mol. The Balaban J connectivity index is 2.21. The molecule has 2 rings (SSSR count). The Hall–Kier alpha value is -0.920. The summed E-state index contributed by atoms with van der Waals surface area (Å²) in [4.78, 5) is 8.46. The van der Waals surface area contributed by atoms with Gasteiger partial charge in [-0.05, 0) is 43.1 Å². The summed E-state index contributed by atoms with van der Waals surface area (Å²) in [5, 5.41) is 0. The third-order valence-electron chi connectivity index (χ3n) is 3.22. The Morgan fingerprint density at radius 3 is 2.93 bits per heavy atom. The minimum Gasteiger partial charge on any atom is -0.245 e. The maximum Gasteiger partial charge on any atom is 0.115 e. The lowest BCUT2D eigenvalue weighted by molar-refractivity contribution is 0.292. The van der Waals surface area contributed by atoms with E-state index in [2.05, 4.69) is 23.8 Å². The molecule has 2 heteroatoms. The van der Waals surface area contributed by atoms with Crippen molar-refractivity contribution in [1.82, 2.24) is 9.97 Å². The van der Waals surface area contributed by atoms with Gasteiger partial charge in [0.1, 0.15) is 6.33 Å². The molecule has 0 fully saturated rings. The van der Waals surface area contributed by atoms with E-state index >= 15 is 0 Å². The first kappa shape index (κ1) is 9.63. The summed E-state index contributed by atoms with van der Waals surface area (Å²) < 4.78 is 0. The van der Waals surface area contributed by atoms with Crippen LogP contribution in [0.2, 0.25) is 0 Å². The lowest BCUT2D eigenvalue weighted by Gasteiger charge is -2.27. The molecule has 1 heterocycles. The van der Waals surface area contributed by atoms with Crippen molar-refractivity contribution in [3.8, 4) is 0 Å². The summed E-state index contributed by atoms with van der Waals surface area (Å²) >= 11 is 0. The van der Waals surface area contributed by atoms with Gasteiger partial charge in [0.25, 0.3) is 0 Å². The Morgan fingerprint density at radius 2 is 2.07 bits per heavy atom. The van der Waals surface area contributed by atoms with Crippen LogP contribution in [0.15, 0.2) is 12.5 Å². The van der Waals surface area contributed by atoms with E-state index in [1.54, 1.807) is 6.33 Å². The lowest BCUT2D eigenvalue weighted by Crippen LogP contribution is -2.16. The SMILES string of the molecule is CC1(C)CCCc2ncncc2CC1. The molecule has 0 aromatic carbocycles. The molecule has 76 valence electrons. The molecule has 0 unspecified atom stereocenters. The summed E-state index contributed by atoms with van der Waals surface area (Å²) in [5.41, 5.74) is 3.13. The Kier molecular flexibility index (Phi) is 2.53. The van der Waals surface area contributed by atoms with E-state index in [9.17, 15) is 0 Å². The lowest BCUT2D eigenvalue weighted by atomic mass is 9.79. The molecule has 2 nitrogen and oxygen atoms in total. The molecule has 0 radical (unpaired) electrons. The van der Waals surface area contributed by atoms with Gasteiger partial charge in [-0.3, -0.25) is 0 Å². The van der Waals surface area contributed by atoms with E-state index in [-0.39, 0.29) is 0 Å². The van der Waals surface area contributed by atoms with E-state index < -0.39 is 0 Å². The van der Waals surface area contributed by atoms with E-state index in [1.807, 2.05) is 6.20 Å². The van der Waals surface area contributed by atoms with Crippen molar-refractivity contribution >= 4 is 0 Å². The van der Waals surface area contributed by atoms with Crippen molar-refractivity contribution in [2.45, 2.75) is 46.0 Å². The molecule has 14 heavy (non-hydrogen) atoms. The zero-order valence-electron chi connectivity index (χ0n) is 9.08. The van der Waals surface area contributed by atoms with Gasteiger partial charge < -0.3 is 0 Å². The second-order valence-electron chi connectivity index (χ2n) is 5.01. The normalized spacial score (nSPS) is 20.7. The number of nitrogens with zero attached hydrogens (tertiary/aromatic N) is 2. The van der Waals surface area contributed by atoms with E-state index in [4.69, 9.17) is 0 Å². The number of aromatic nitrogens is 2. The van der Waals surface area contributed by atoms with Crippen LogP contribution in [0.25, 0.3) is 0 Å². The van der Waals surface area contributed by atoms with Gasteiger partial charge in [0.15, 0.2) is 0 Å². The third kappa shape index (κ3) is 2.11. The van der Waals surface area contributed by atoms with Gasteiger partial charge in [0, 0.05) is 11.9 Å². The van der Waals surface area contributed by atoms with Crippen LogP contribution in [0, 0.1) is 5.41 Å². The average Bonchev–Trinajstić information content (AvgIpc) is 2.14. The average molecular weight is 190 g/mol. The maximum atomic E-state index is 4.36. The van der Waals surface area contributed by atoms with Gasteiger partial charge in [-0.1, -0.05) is 13.8 Å². The summed E-state index contributed by atoms with van der Waals surface area (Å²) in [6.07, 6.45) is 9.76. The van der Waals surface area contributed by atoms with E-state index in [0.29, 0.717) is 5.41 Å². The van der Waals surface area contributed by atoms with Crippen LogP contribution in [0.3, 0.4) is 0 Å². The molecule has 1 aliphatic carbocycles. The first-order chi connectivity index (χ1) is 6.67. The minimum atomic E-state index is 0.494. The van der Waals surface area contributed by atoms with Gasteiger partial charge >= 0.3 is 0 Å². The second kappa shape index (κ2) is 3.68. The van der Waals surface area contributed by atoms with Crippen molar-refractivity contribution in [2.24, 2.45) is 5.41 Å². The molecular weight excluding hydrogens is 172 g/mol. The Morgan fingerprint density at radius 1 is 1.21 bits per heavy atom. The number of hydrogen-bond acceptors (Lipinski definition) is 2. The van der Waals surface area contributed by atoms with Gasteiger partial charge in [-0.15, -0.1) is 0 Å². The number of rotatable bonds is 0. The molecule has 0 saturated carbocycles. The fraction of sp³-hybridized carbons (Fsp3) is 0.667. The molecule has 0 saturated heterocycles.